The molecule has 2 amide bonds. The lowest BCUT2D eigenvalue weighted by Crippen LogP contribution is -2.44. The van der Waals surface area contributed by atoms with Crippen LogP contribution in [0.3, 0.4) is 0 Å². The second-order valence-electron chi connectivity index (χ2n) is 6.89. The van der Waals surface area contributed by atoms with Gasteiger partial charge in [0.05, 0.1) is 12.2 Å². The number of hydrogen-bond acceptors (Lipinski definition) is 4. The molecule has 2 heterocycles. The van der Waals surface area contributed by atoms with Crippen LogP contribution in [0.4, 0.5) is 4.79 Å². The minimum atomic E-state index is -0.499. The summed E-state index contributed by atoms with van der Waals surface area (Å²) < 4.78 is 6.24. The van der Waals surface area contributed by atoms with E-state index in [1.807, 2.05) is 32.9 Å². The Labute approximate surface area is 151 Å². The maximum Gasteiger partial charge on any atom is 0.410 e. The van der Waals surface area contributed by atoms with E-state index < -0.39 is 5.60 Å². The van der Waals surface area contributed by atoms with Crippen molar-refractivity contribution in [2.45, 2.75) is 45.8 Å². The van der Waals surface area contributed by atoms with Crippen molar-refractivity contribution in [2.24, 2.45) is 5.92 Å². The molecule has 1 aliphatic heterocycles. The van der Waals surface area contributed by atoms with Gasteiger partial charge >= 0.3 is 6.09 Å². The molecule has 0 aliphatic carbocycles. The highest BCUT2D eigenvalue weighted by Gasteiger charge is 2.29. The van der Waals surface area contributed by atoms with Gasteiger partial charge in [-0.25, -0.2) is 4.79 Å². The van der Waals surface area contributed by atoms with E-state index >= 15 is 0 Å². The number of carbonyl (C=O) groups excluding carboxylic acids is 2. The average Bonchev–Trinajstić information content (AvgIpc) is 2.52. The standard InChI is InChI=1S/C17H24BrN3O3/c1-17(2,3)24-16(23)21-9-6-12(7-10-21)15(22)20-11-14-13(18)5-4-8-19-14/h4-5,8,12H,6-7,9-11H2,1-3H3,(H,20,22). The Morgan fingerprint density at radius 2 is 2.04 bits per heavy atom. The van der Waals surface area contributed by atoms with Gasteiger partial charge in [-0.3, -0.25) is 9.78 Å². The van der Waals surface area contributed by atoms with Crippen molar-refractivity contribution in [3.8, 4) is 0 Å². The summed E-state index contributed by atoms with van der Waals surface area (Å²) in [7, 11) is 0. The zero-order valence-corrected chi connectivity index (χ0v) is 15.9. The van der Waals surface area contributed by atoms with Crippen molar-refractivity contribution < 1.29 is 14.3 Å². The van der Waals surface area contributed by atoms with E-state index in [1.54, 1.807) is 11.1 Å². The third kappa shape index (κ3) is 5.47. The van der Waals surface area contributed by atoms with Crippen LogP contribution in [0.15, 0.2) is 22.8 Å². The molecule has 0 aromatic carbocycles. The zero-order valence-electron chi connectivity index (χ0n) is 14.3. The van der Waals surface area contributed by atoms with Crippen molar-refractivity contribution in [1.29, 1.82) is 0 Å². The van der Waals surface area contributed by atoms with E-state index in [0.29, 0.717) is 32.5 Å². The number of hydrogen-bond donors (Lipinski definition) is 1. The summed E-state index contributed by atoms with van der Waals surface area (Å²) in [5.74, 6) is -0.0671. The number of ether oxygens (including phenoxy) is 1. The Morgan fingerprint density at radius 1 is 1.38 bits per heavy atom. The predicted octanol–water partition coefficient (Wildman–Crippen LogP) is 3.11. The van der Waals surface area contributed by atoms with Crippen LogP contribution in [0.2, 0.25) is 0 Å². The molecule has 0 unspecified atom stereocenters. The lowest BCUT2D eigenvalue weighted by Gasteiger charge is -2.32. The Morgan fingerprint density at radius 3 is 2.62 bits per heavy atom. The van der Waals surface area contributed by atoms with Crippen molar-refractivity contribution in [3.63, 3.8) is 0 Å². The average molecular weight is 398 g/mol. The molecular weight excluding hydrogens is 374 g/mol. The molecule has 1 aromatic heterocycles. The van der Waals surface area contributed by atoms with Crippen molar-refractivity contribution in [3.05, 3.63) is 28.5 Å². The van der Waals surface area contributed by atoms with Gasteiger partial charge in [0.1, 0.15) is 5.60 Å². The van der Waals surface area contributed by atoms with Crippen LogP contribution in [-0.2, 0) is 16.1 Å². The van der Waals surface area contributed by atoms with Gasteiger partial charge in [-0.2, -0.15) is 0 Å². The molecule has 0 saturated carbocycles. The van der Waals surface area contributed by atoms with E-state index in [-0.39, 0.29) is 17.9 Å². The number of aromatic nitrogens is 1. The van der Waals surface area contributed by atoms with Gasteiger partial charge in [-0.15, -0.1) is 0 Å². The fourth-order valence-electron chi connectivity index (χ4n) is 2.51. The molecule has 7 heteroatoms. The van der Waals surface area contributed by atoms with Crippen LogP contribution >= 0.6 is 15.9 Å². The quantitative estimate of drug-likeness (QED) is 0.850. The zero-order chi connectivity index (χ0) is 17.7. The Bertz CT molecular complexity index is 593. The maximum atomic E-state index is 12.3. The van der Waals surface area contributed by atoms with Gasteiger partial charge in [-0.05, 0) is 61.7 Å². The molecule has 0 spiro atoms. The lowest BCUT2D eigenvalue weighted by molar-refractivity contribution is -0.126. The SMILES string of the molecule is CC(C)(C)OC(=O)N1CCC(C(=O)NCc2ncccc2Br)CC1. The number of nitrogens with zero attached hydrogens (tertiary/aromatic N) is 2. The van der Waals surface area contributed by atoms with Crippen LogP contribution in [-0.4, -0.2) is 40.6 Å². The summed E-state index contributed by atoms with van der Waals surface area (Å²) in [5, 5.41) is 2.93. The molecule has 2 rings (SSSR count). The number of piperidine rings is 1. The van der Waals surface area contributed by atoms with Gasteiger partial charge in [-0.1, -0.05) is 0 Å². The van der Waals surface area contributed by atoms with Gasteiger partial charge in [0.25, 0.3) is 0 Å². The molecule has 0 radical (unpaired) electrons. The highest BCUT2D eigenvalue weighted by Crippen LogP contribution is 2.20. The molecule has 0 atom stereocenters. The number of nitrogens with one attached hydrogen (secondary N) is 1. The molecule has 1 fully saturated rings. The minimum absolute atomic E-state index is 0.0105. The highest BCUT2D eigenvalue weighted by molar-refractivity contribution is 9.10. The Kier molecular flexibility index (Phi) is 6.21. The Hall–Kier alpha value is -1.63. The summed E-state index contributed by atoms with van der Waals surface area (Å²) in [6.45, 7) is 7.02. The van der Waals surface area contributed by atoms with Crippen molar-refractivity contribution >= 4 is 27.9 Å². The normalized spacial score (nSPS) is 15.9. The fraction of sp³-hybridized carbons (Fsp3) is 0.588. The molecule has 0 bridgehead atoms. The smallest absolute Gasteiger partial charge is 0.410 e. The van der Waals surface area contributed by atoms with Gasteiger partial charge in [0.2, 0.25) is 5.91 Å². The van der Waals surface area contributed by atoms with Crippen molar-refractivity contribution in [2.75, 3.05) is 13.1 Å². The topological polar surface area (TPSA) is 71.5 Å². The first-order valence-electron chi connectivity index (χ1n) is 8.11. The van der Waals surface area contributed by atoms with Crippen LogP contribution in [0.5, 0.6) is 0 Å². The second kappa shape index (κ2) is 7.96. The predicted molar refractivity (Wildman–Crippen MR) is 94.3 cm³/mol. The molecule has 1 aliphatic rings. The molecule has 1 N–H and O–H groups in total. The fourth-order valence-corrected chi connectivity index (χ4v) is 2.91. The summed E-state index contributed by atoms with van der Waals surface area (Å²) in [6.07, 6.45) is 2.69. The molecule has 132 valence electrons. The van der Waals surface area contributed by atoms with Gasteiger partial charge in [0.15, 0.2) is 0 Å². The summed E-state index contributed by atoms with van der Waals surface area (Å²) in [4.78, 5) is 30.2. The molecule has 24 heavy (non-hydrogen) atoms. The number of rotatable bonds is 3. The van der Waals surface area contributed by atoms with Crippen LogP contribution in [0.25, 0.3) is 0 Å². The van der Waals surface area contributed by atoms with Crippen molar-refractivity contribution in [1.82, 2.24) is 15.2 Å². The Balaban J connectivity index is 1.78. The van der Waals surface area contributed by atoms with Crippen LogP contribution in [0, 0.1) is 5.92 Å². The number of likely N-dealkylation sites (tertiary alicyclic amines) is 1. The van der Waals surface area contributed by atoms with E-state index in [1.165, 1.54) is 0 Å². The number of carbonyl (C=O) groups is 2. The van der Waals surface area contributed by atoms with E-state index in [2.05, 4.69) is 26.2 Å². The minimum Gasteiger partial charge on any atom is -0.444 e. The number of halogens is 1. The van der Waals surface area contributed by atoms with Crippen LogP contribution in [0.1, 0.15) is 39.3 Å². The summed E-state index contributed by atoms with van der Waals surface area (Å²) in [6, 6.07) is 3.73. The largest absolute Gasteiger partial charge is 0.444 e. The maximum absolute atomic E-state index is 12.3. The summed E-state index contributed by atoms with van der Waals surface area (Å²) in [5.41, 5.74) is 0.304. The van der Waals surface area contributed by atoms with E-state index in [0.717, 1.165) is 10.2 Å². The monoisotopic (exact) mass is 397 g/mol. The molecular formula is C17H24BrN3O3. The van der Waals surface area contributed by atoms with Gasteiger partial charge < -0.3 is 15.0 Å². The number of pyridine rings is 1. The van der Waals surface area contributed by atoms with Gasteiger partial charge in [0, 0.05) is 29.7 Å². The highest BCUT2D eigenvalue weighted by atomic mass is 79.9. The first-order valence-corrected chi connectivity index (χ1v) is 8.90. The number of amides is 2. The van der Waals surface area contributed by atoms with E-state index in [9.17, 15) is 9.59 Å². The molecule has 1 aromatic rings. The summed E-state index contributed by atoms with van der Waals surface area (Å²) >= 11 is 3.42. The third-order valence-electron chi connectivity index (χ3n) is 3.78. The molecule has 1 saturated heterocycles. The third-order valence-corrected chi connectivity index (χ3v) is 4.50. The van der Waals surface area contributed by atoms with E-state index in [4.69, 9.17) is 4.74 Å². The lowest BCUT2D eigenvalue weighted by atomic mass is 9.96. The first kappa shape index (κ1) is 18.7. The first-order chi connectivity index (χ1) is 11.3. The van der Waals surface area contributed by atoms with Crippen LogP contribution < -0.4 is 5.32 Å². The molecule has 6 nitrogen and oxygen atoms in total. The second-order valence-corrected chi connectivity index (χ2v) is 7.75.